The first-order chi connectivity index (χ1) is 20.5. The third kappa shape index (κ3) is 7.00. The Morgan fingerprint density at radius 3 is 2.55 bits per heavy atom. The summed E-state index contributed by atoms with van der Waals surface area (Å²) in [6.07, 6.45) is 1.57. The molecule has 1 N–H and O–H groups in total. The lowest BCUT2D eigenvalue weighted by Gasteiger charge is -2.39. The van der Waals surface area contributed by atoms with Crippen LogP contribution in [0.5, 0.6) is 0 Å². The summed E-state index contributed by atoms with van der Waals surface area (Å²) in [6, 6.07) is 9.70. The van der Waals surface area contributed by atoms with Crippen LogP contribution in [0.1, 0.15) is 51.8 Å². The molecule has 9 nitrogen and oxygen atoms in total. The number of para-hydroxylation sites is 2. The quantitative estimate of drug-likeness (QED) is 0.320. The van der Waals surface area contributed by atoms with Crippen molar-refractivity contribution in [3.05, 3.63) is 36.2 Å². The van der Waals surface area contributed by atoms with Crippen molar-refractivity contribution in [2.75, 3.05) is 63.3 Å². The first-order valence-electron chi connectivity index (χ1n) is 14.8. The number of alkyl halides is 2. The van der Waals surface area contributed by atoms with Crippen LogP contribution in [0.4, 0.5) is 20.5 Å². The summed E-state index contributed by atoms with van der Waals surface area (Å²) in [4.78, 5) is 18.4. The zero-order valence-corrected chi connectivity index (χ0v) is 24.7. The van der Waals surface area contributed by atoms with E-state index >= 15 is 0 Å². The van der Waals surface area contributed by atoms with Crippen LogP contribution in [0.15, 0.2) is 30.3 Å². The molecule has 2 aromatic heterocycles. The highest BCUT2D eigenvalue weighted by Gasteiger charge is 2.29. The molecule has 5 rings (SSSR count). The SMILES string of the molecule is CC#CCN(C(C)COC)C1CCC(CNc2nc(N3CCOCC3)cc(-n3c(C(F)F)nc4ccccc43)n2)CC1. The van der Waals surface area contributed by atoms with E-state index in [0.29, 0.717) is 86.1 Å². The van der Waals surface area contributed by atoms with Crippen molar-refractivity contribution in [1.82, 2.24) is 24.4 Å². The van der Waals surface area contributed by atoms with Crippen molar-refractivity contribution in [3.8, 4) is 17.7 Å². The molecule has 226 valence electrons. The molecule has 2 fully saturated rings. The van der Waals surface area contributed by atoms with Gasteiger partial charge in [-0.1, -0.05) is 18.1 Å². The molecular formula is C31H41F2N7O2. The average molecular weight is 582 g/mol. The number of benzene rings is 1. The number of aromatic nitrogens is 4. The van der Waals surface area contributed by atoms with Crippen molar-refractivity contribution in [3.63, 3.8) is 0 Å². The number of fused-ring (bicyclic) bond motifs is 1. The molecule has 42 heavy (non-hydrogen) atoms. The number of nitrogens with zero attached hydrogens (tertiary/aromatic N) is 6. The summed E-state index contributed by atoms with van der Waals surface area (Å²) in [5.41, 5.74) is 1.09. The van der Waals surface area contributed by atoms with Gasteiger partial charge in [0.2, 0.25) is 5.95 Å². The molecule has 3 aromatic rings. The number of nitrogens with one attached hydrogen (secondary N) is 1. The molecule has 1 saturated carbocycles. The number of halogens is 2. The van der Waals surface area contributed by atoms with E-state index in [9.17, 15) is 8.78 Å². The van der Waals surface area contributed by atoms with Crippen molar-refractivity contribution >= 4 is 22.8 Å². The molecule has 11 heteroatoms. The van der Waals surface area contributed by atoms with E-state index in [-0.39, 0.29) is 5.82 Å². The second kappa shape index (κ2) is 14.2. The van der Waals surface area contributed by atoms with Gasteiger partial charge >= 0.3 is 0 Å². The summed E-state index contributed by atoms with van der Waals surface area (Å²) in [5.74, 6) is 7.90. The van der Waals surface area contributed by atoms with Crippen LogP contribution in [0.2, 0.25) is 0 Å². The van der Waals surface area contributed by atoms with E-state index in [1.165, 1.54) is 4.57 Å². The van der Waals surface area contributed by atoms with Crippen molar-refractivity contribution < 1.29 is 18.3 Å². The van der Waals surface area contributed by atoms with Gasteiger partial charge in [-0.05, 0) is 57.6 Å². The zero-order chi connectivity index (χ0) is 29.5. The molecule has 3 heterocycles. The summed E-state index contributed by atoms with van der Waals surface area (Å²) >= 11 is 0. The number of methoxy groups -OCH3 is 1. The normalized spacial score (nSPS) is 20.1. The minimum atomic E-state index is -2.75. The highest BCUT2D eigenvalue weighted by atomic mass is 19.3. The number of morpholine rings is 1. The topological polar surface area (TPSA) is 80.6 Å². The van der Waals surface area contributed by atoms with Crippen molar-refractivity contribution in [1.29, 1.82) is 0 Å². The lowest BCUT2D eigenvalue weighted by atomic mass is 9.84. The average Bonchev–Trinajstić information content (AvgIpc) is 3.42. The van der Waals surface area contributed by atoms with E-state index < -0.39 is 6.43 Å². The van der Waals surface area contributed by atoms with Gasteiger partial charge in [0.05, 0.1) is 37.4 Å². The van der Waals surface area contributed by atoms with Crippen LogP contribution in [0, 0.1) is 17.8 Å². The van der Waals surface area contributed by atoms with E-state index in [1.54, 1.807) is 31.4 Å². The standard InChI is InChI=1S/C31H41F2N7O2/c1-4-5-14-39(22(2)21-41-3)24-12-10-23(11-13-24)20-34-31-36-27(38-15-17-42-18-16-38)19-28(37-31)40-26-9-7-6-8-25(26)35-30(40)29(32)33/h6-9,19,22-24,29H,10-18,20-21H2,1-3H3,(H,34,36,37). The molecule has 0 radical (unpaired) electrons. The fraction of sp³-hybridized carbons (Fsp3) is 0.581. The molecule has 1 aromatic carbocycles. The summed E-state index contributed by atoms with van der Waals surface area (Å²) in [7, 11) is 1.74. The molecule has 0 amide bonds. The highest BCUT2D eigenvalue weighted by Crippen LogP contribution is 2.31. The Kier molecular flexibility index (Phi) is 10.2. The van der Waals surface area contributed by atoms with Crippen LogP contribution in [-0.4, -0.2) is 89.6 Å². The van der Waals surface area contributed by atoms with Gasteiger partial charge in [0, 0.05) is 44.9 Å². The molecule has 1 atom stereocenters. The summed E-state index contributed by atoms with van der Waals surface area (Å²) < 4.78 is 40.7. The molecular weight excluding hydrogens is 540 g/mol. The Labute approximate surface area is 246 Å². The Morgan fingerprint density at radius 2 is 1.83 bits per heavy atom. The molecule has 1 unspecified atom stereocenters. The Morgan fingerprint density at radius 1 is 1.10 bits per heavy atom. The predicted octanol–water partition coefficient (Wildman–Crippen LogP) is 4.92. The summed E-state index contributed by atoms with van der Waals surface area (Å²) in [5, 5.41) is 3.46. The molecule has 1 aliphatic heterocycles. The number of rotatable bonds is 11. The molecule has 1 saturated heterocycles. The van der Waals surface area contributed by atoms with Gasteiger partial charge < -0.3 is 19.7 Å². The van der Waals surface area contributed by atoms with Crippen LogP contribution in [-0.2, 0) is 9.47 Å². The Balaban J connectivity index is 1.35. The number of hydrogen-bond donors (Lipinski definition) is 1. The largest absolute Gasteiger partial charge is 0.383 e. The van der Waals surface area contributed by atoms with Gasteiger partial charge in [-0.3, -0.25) is 9.47 Å². The molecule has 1 aliphatic carbocycles. The van der Waals surface area contributed by atoms with Crippen LogP contribution >= 0.6 is 0 Å². The van der Waals surface area contributed by atoms with Gasteiger partial charge in [0.15, 0.2) is 5.82 Å². The maximum Gasteiger partial charge on any atom is 0.296 e. The minimum absolute atomic E-state index is 0.308. The van der Waals surface area contributed by atoms with Crippen molar-refractivity contribution in [2.45, 2.75) is 58.0 Å². The zero-order valence-electron chi connectivity index (χ0n) is 24.7. The van der Waals surface area contributed by atoms with Gasteiger partial charge in [0.25, 0.3) is 6.43 Å². The molecule has 0 spiro atoms. The number of anilines is 2. The van der Waals surface area contributed by atoms with E-state index in [1.807, 2.05) is 13.0 Å². The lowest BCUT2D eigenvalue weighted by Crippen LogP contribution is -2.46. The predicted molar refractivity (Wildman–Crippen MR) is 160 cm³/mol. The third-order valence-electron chi connectivity index (χ3n) is 8.29. The monoisotopic (exact) mass is 581 g/mol. The second-order valence-electron chi connectivity index (χ2n) is 11.1. The minimum Gasteiger partial charge on any atom is -0.383 e. The van der Waals surface area contributed by atoms with Gasteiger partial charge in [-0.25, -0.2) is 13.8 Å². The molecule has 0 bridgehead atoms. The Bertz CT molecular complexity index is 1370. The number of ether oxygens (including phenoxy) is 2. The Hall–Kier alpha value is -3.33. The van der Waals surface area contributed by atoms with E-state index in [2.05, 4.69) is 38.9 Å². The van der Waals surface area contributed by atoms with E-state index in [0.717, 1.165) is 32.2 Å². The first kappa shape index (κ1) is 30.1. The van der Waals surface area contributed by atoms with Crippen LogP contribution < -0.4 is 10.2 Å². The third-order valence-corrected chi connectivity index (χ3v) is 8.29. The van der Waals surface area contributed by atoms with Gasteiger partial charge in [-0.15, -0.1) is 5.92 Å². The maximum absolute atomic E-state index is 14.2. The fourth-order valence-electron chi connectivity index (χ4n) is 6.07. The second-order valence-corrected chi connectivity index (χ2v) is 11.1. The van der Waals surface area contributed by atoms with Crippen LogP contribution in [0.25, 0.3) is 16.9 Å². The first-order valence-corrected chi connectivity index (χ1v) is 14.8. The van der Waals surface area contributed by atoms with Gasteiger partial charge in [0.1, 0.15) is 11.6 Å². The maximum atomic E-state index is 14.2. The fourth-order valence-corrected chi connectivity index (χ4v) is 6.07. The van der Waals surface area contributed by atoms with E-state index in [4.69, 9.17) is 19.4 Å². The number of hydrogen-bond acceptors (Lipinski definition) is 8. The van der Waals surface area contributed by atoms with Gasteiger partial charge in [-0.2, -0.15) is 9.97 Å². The summed E-state index contributed by atoms with van der Waals surface area (Å²) in [6.45, 7) is 8.76. The smallest absolute Gasteiger partial charge is 0.296 e. The number of imidazole rings is 1. The lowest BCUT2D eigenvalue weighted by molar-refractivity contribution is 0.0598. The van der Waals surface area contributed by atoms with Crippen LogP contribution in [0.3, 0.4) is 0 Å². The van der Waals surface area contributed by atoms with Crippen molar-refractivity contribution in [2.24, 2.45) is 5.92 Å². The highest BCUT2D eigenvalue weighted by molar-refractivity contribution is 5.78. The molecule has 2 aliphatic rings.